The van der Waals surface area contributed by atoms with Crippen molar-refractivity contribution in [1.82, 2.24) is 15.0 Å². The van der Waals surface area contributed by atoms with Gasteiger partial charge in [0.05, 0.1) is 16.4 Å². The highest BCUT2D eigenvalue weighted by Crippen LogP contribution is 2.51. The molecule has 0 bridgehead atoms. The molecule has 1 fully saturated rings. The summed E-state index contributed by atoms with van der Waals surface area (Å²) in [5.74, 6) is 1.29. The number of nitrogens with two attached hydrogens (primary N) is 2. The van der Waals surface area contributed by atoms with E-state index in [1.54, 1.807) is 6.20 Å². The minimum Gasteiger partial charge on any atom is -0.382 e. The van der Waals surface area contributed by atoms with Gasteiger partial charge >= 0.3 is 0 Å². The molecule has 0 unspecified atom stereocenters. The predicted octanol–water partition coefficient (Wildman–Crippen LogP) is 4.72. The van der Waals surface area contributed by atoms with Crippen molar-refractivity contribution in [1.29, 1.82) is 0 Å². The van der Waals surface area contributed by atoms with Crippen LogP contribution in [0.25, 0.3) is 0 Å². The maximum absolute atomic E-state index is 6.74. The lowest BCUT2D eigenvalue weighted by atomic mass is 9.73. The Balaban J connectivity index is 1.34. The first-order valence-electron chi connectivity index (χ1n) is 10.9. The average molecular weight is 467 g/mol. The van der Waals surface area contributed by atoms with Crippen LogP contribution in [0.2, 0.25) is 5.02 Å². The molecule has 2 aliphatic rings. The van der Waals surface area contributed by atoms with Crippen molar-refractivity contribution >= 4 is 35.0 Å². The molecular weight excluding hydrogens is 440 g/mol. The maximum Gasteiger partial charge on any atom is 0.150 e. The number of anilines is 2. The van der Waals surface area contributed by atoms with Gasteiger partial charge in [0.15, 0.2) is 0 Å². The molecule has 1 saturated heterocycles. The molecule has 4 N–H and O–H groups in total. The topological polar surface area (TPSA) is 94.0 Å². The minimum atomic E-state index is 0.117. The number of nitrogen functional groups attached to an aromatic ring is 1. The van der Waals surface area contributed by atoms with Gasteiger partial charge < -0.3 is 16.4 Å². The molecule has 1 atom stereocenters. The van der Waals surface area contributed by atoms with E-state index in [2.05, 4.69) is 34.1 Å². The highest BCUT2D eigenvalue weighted by molar-refractivity contribution is 7.99. The molecule has 166 valence electrons. The number of piperidine rings is 1. The first-order chi connectivity index (χ1) is 15.4. The number of hydrogen-bond acceptors (Lipinski definition) is 7. The molecule has 0 radical (unpaired) electrons. The summed E-state index contributed by atoms with van der Waals surface area (Å²) >= 11 is 7.79. The standard InChI is InChI=1S/C24H27ClN6S/c1-14-22(29-15(2)23(30-14)32-18-7-10-28-21(27)19(18)25)31-11-8-24(9-12-31)13-16-5-3-4-6-17(16)20(24)26/h3-7,10,20H,8-9,11-13,26H2,1-2H3,(H2,27,28)/t20-/m1/s1. The van der Waals surface area contributed by atoms with E-state index in [-0.39, 0.29) is 11.5 Å². The van der Waals surface area contributed by atoms with Crippen molar-refractivity contribution < 1.29 is 0 Å². The van der Waals surface area contributed by atoms with Gasteiger partial charge in [-0.15, -0.1) is 0 Å². The van der Waals surface area contributed by atoms with Crippen molar-refractivity contribution in [2.45, 2.75) is 49.1 Å². The van der Waals surface area contributed by atoms with Gasteiger partial charge in [0, 0.05) is 30.2 Å². The fourth-order valence-electron chi connectivity index (χ4n) is 5.06. The Morgan fingerprint density at radius 1 is 1.09 bits per heavy atom. The SMILES string of the molecule is Cc1nc(N2CCC3(CC2)Cc2ccccc2[C@H]3N)c(C)nc1Sc1ccnc(N)c1Cl. The zero-order valence-corrected chi connectivity index (χ0v) is 19.9. The molecular formula is C24H27ClN6S. The molecule has 5 rings (SSSR count). The van der Waals surface area contributed by atoms with E-state index in [0.29, 0.717) is 10.8 Å². The Morgan fingerprint density at radius 2 is 1.84 bits per heavy atom. The molecule has 3 aromatic rings. The number of benzene rings is 1. The lowest BCUT2D eigenvalue weighted by molar-refractivity contribution is 0.187. The van der Waals surface area contributed by atoms with Crippen LogP contribution in [-0.2, 0) is 6.42 Å². The largest absolute Gasteiger partial charge is 0.382 e. The second-order valence-electron chi connectivity index (χ2n) is 8.84. The van der Waals surface area contributed by atoms with Crippen LogP contribution in [0.5, 0.6) is 0 Å². The zero-order valence-electron chi connectivity index (χ0n) is 18.3. The lowest BCUT2D eigenvalue weighted by Crippen LogP contribution is -2.45. The molecule has 1 aromatic carbocycles. The fraction of sp³-hybridized carbons (Fsp3) is 0.375. The van der Waals surface area contributed by atoms with Crippen LogP contribution in [0.15, 0.2) is 46.5 Å². The number of pyridine rings is 1. The van der Waals surface area contributed by atoms with E-state index in [1.807, 2.05) is 19.9 Å². The number of aromatic nitrogens is 3. The quantitative estimate of drug-likeness (QED) is 0.576. The summed E-state index contributed by atoms with van der Waals surface area (Å²) < 4.78 is 0. The van der Waals surface area contributed by atoms with Crippen molar-refractivity contribution in [2.75, 3.05) is 23.7 Å². The van der Waals surface area contributed by atoms with Crippen LogP contribution in [0.4, 0.5) is 11.6 Å². The van der Waals surface area contributed by atoms with Crippen LogP contribution in [0, 0.1) is 19.3 Å². The highest BCUT2D eigenvalue weighted by Gasteiger charge is 2.46. The number of hydrogen-bond donors (Lipinski definition) is 2. The summed E-state index contributed by atoms with van der Waals surface area (Å²) in [4.78, 5) is 17.0. The molecule has 32 heavy (non-hydrogen) atoms. The highest BCUT2D eigenvalue weighted by atomic mass is 35.5. The summed E-state index contributed by atoms with van der Waals surface area (Å²) in [6, 6.07) is 10.6. The second-order valence-corrected chi connectivity index (χ2v) is 10.2. The van der Waals surface area contributed by atoms with Gasteiger partial charge in [-0.25, -0.2) is 15.0 Å². The van der Waals surface area contributed by atoms with Gasteiger partial charge in [-0.3, -0.25) is 0 Å². The number of nitrogens with zero attached hydrogens (tertiary/aromatic N) is 4. The Hall–Kier alpha value is -2.35. The lowest BCUT2D eigenvalue weighted by Gasteiger charge is -2.43. The summed E-state index contributed by atoms with van der Waals surface area (Å²) in [6.07, 6.45) is 4.85. The fourth-order valence-corrected chi connectivity index (χ4v) is 6.20. The molecule has 0 saturated carbocycles. The first kappa shape index (κ1) is 21.5. The molecule has 1 aliphatic carbocycles. The predicted molar refractivity (Wildman–Crippen MR) is 130 cm³/mol. The van der Waals surface area contributed by atoms with Crippen LogP contribution in [-0.4, -0.2) is 28.0 Å². The molecule has 1 spiro atoms. The van der Waals surface area contributed by atoms with Crippen LogP contribution >= 0.6 is 23.4 Å². The Labute approximate surface area is 197 Å². The van der Waals surface area contributed by atoms with E-state index >= 15 is 0 Å². The average Bonchev–Trinajstić information content (AvgIpc) is 3.06. The normalized spacial score (nSPS) is 19.4. The van der Waals surface area contributed by atoms with E-state index in [4.69, 9.17) is 33.0 Å². The van der Waals surface area contributed by atoms with Gasteiger partial charge in [0.2, 0.25) is 0 Å². The maximum atomic E-state index is 6.74. The zero-order chi connectivity index (χ0) is 22.5. The third-order valence-corrected chi connectivity index (χ3v) is 8.56. The minimum absolute atomic E-state index is 0.117. The molecule has 1 aliphatic heterocycles. The van der Waals surface area contributed by atoms with Gasteiger partial charge in [-0.05, 0) is 55.7 Å². The van der Waals surface area contributed by atoms with Gasteiger partial charge in [-0.1, -0.05) is 47.6 Å². The van der Waals surface area contributed by atoms with Crippen molar-refractivity contribution in [3.8, 4) is 0 Å². The van der Waals surface area contributed by atoms with Gasteiger partial charge in [-0.2, -0.15) is 0 Å². The monoisotopic (exact) mass is 466 g/mol. The Morgan fingerprint density at radius 3 is 2.59 bits per heavy atom. The Kier molecular flexibility index (Phi) is 5.51. The second kappa shape index (κ2) is 8.21. The molecule has 2 aromatic heterocycles. The van der Waals surface area contributed by atoms with Crippen molar-refractivity contribution in [3.05, 3.63) is 64.1 Å². The smallest absolute Gasteiger partial charge is 0.150 e. The molecule has 6 nitrogen and oxygen atoms in total. The number of halogens is 1. The summed E-state index contributed by atoms with van der Waals surface area (Å²) in [6.45, 7) is 5.90. The van der Waals surface area contributed by atoms with Gasteiger partial charge in [0.1, 0.15) is 16.7 Å². The van der Waals surface area contributed by atoms with E-state index in [1.165, 1.54) is 22.9 Å². The number of fused-ring (bicyclic) bond motifs is 1. The van der Waals surface area contributed by atoms with Crippen LogP contribution < -0.4 is 16.4 Å². The number of aryl methyl sites for hydroxylation is 2. The molecule has 0 amide bonds. The Bertz CT molecular complexity index is 1180. The first-order valence-corrected chi connectivity index (χ1v) is 12.1. The van der Waals surface area contributed by atoms with Gasteiger partial charge in [0.25, 0.3) is 0 Å². The molecule has 3 heterocycles. The molecule has 8 heteroatoms. The van der Waals surface area contributed by atoms with E-state index in [9.17, 15) is 0 Å². The van der Waals surface area contributed by atoms with Crippen LogP contribution in [0.1, 0.15) is 41.4 Å². The van der Waals surface area contributed by atoms with Crippen LogP contribution in [0.3, 0.4) is 0 Å². The van der Waals surface area contributed by atoms with E-state index in [0.717, 1.165) is 59.5 Å². The van der Waals surface area contributed by atoms with Crippen molar-refractivity contribution in [3.63, 3.8) is 0 Å². The summed E-state index contributed by atoms with van der Waals surface area (Å²) in [5, 5.41) is 1.29. The third kappa shape index (κ3) is 3.62. The summed E-state index contributed by atoms with van der Waals surface area (Å²) in [7, 11) is 0. The van der Waals surface area contributed by atoms with Crippen molar-refractivity contribution in [2.24, 2.45) is 11.1 Å². The third-order valence-electron chi connectivity index (χ3n) is 6.91. The number of rotatable bonds is 3. The van der Waals surface area contributed by atoms with E-state index < -0.39 is 0 Å². The summed E-state index contributed by atoms with van der Waals surface area (Å²) in [5.41, 5.74) is 17.3.